The maximum absolute atomic E-state index is 11.7. The molecule has 1 saturated heterocycles. The van der Waals surface area contributed by atoms with Crippen molar-refractivity contribution in [3.63, 3.8) is 0 Å². The summed E-state index contributed by atoms with van der Waals surface area (Å²) < 4.78 is 16.8. The molecule has 0 aromatic heterocycles. The number of ether oxygens (including phenoxy) is 1. The minimum atomic E-state index is -0.453. The topological polar surface area (TPSA) is 50.8 Å². The van der Waals surface area contributed by atoms with Crippen molar-refractivity contribution in [2.24, 2.45) is 10.7 Å². The minimum Gasteiger partial charge on any atom is -0.378 e. The largest absolute Gasteiger partial charge is 0.378 e. The van der Waals surface area contributed by atoms with Gasteiger partial charge in [0.2, 0.25) is 0 Å². The van der Waals surface area contributed by atoms with E-state index in [4.69, 9.17) is 10.5 Å². The highest BCUT2D eigenvalue weighted by Crippen LogP contribution is 1.95. The molecular formula is C7H15FIN3O. The van der Waals surface area contributed by atoms with Crippen molar-refractivity contribution < 1.29 is 9.13 Å². The van der Waals surface area contributed by atoms with Crippen LogP contribution in [0.2, 0.25) is 0 Å². The van der Waals surface area contributed by atoms with Crippen LogP contribution in [0.25, 0.3) is 0 Å². The van der Waals surface area contributed by atoms with Crippen LogP contribution in [-0.4, -0.2) is 50.4 Å². The number of aliphatic imine (C=N–C) groups is 1. The van der Waals surface area contributed by atoms with E-state index in [0.29, 0.717) is 19.2 Å². The van der Waals surface area contributed by atoms with Gasteiger partial charge >= 0.3 is 0 Å². The molecule has 0 amide bonds. The van der Waals surface area contributed by atoms with Gasteiger partial charge in [0.1, 0.15) is 6.67 Å². The minimum absolute atomic E-state index is 0. The molecule has 0 radical (unpaired) electrons. The Morgan fingerprint density at radius 3 is 2.62 bits per heavy atom. The van der Waals surface area contributed by atoms with Crippen molar-refractivity contribution >= 4 is 29.9 Å². The van der Waals surface area contributed by atoms with Crippen molar-refractivity contribution in [3.8, 4) is 0 Å². The second-order valence-electron chi connectivity index (χ2n) is 2.53. The predicted octanol–water partition coefficient (Wildman–Crippen LogP) is 0.221. The average Bonchev–Trinajstić information content (AvgIpc) is 2.15. The smallest absolute Gasteiger partial charge is 0.191 e. The fourth-order valence-corrected chi connectivity index (χ4v) is 1.05. The van der Waals surface area contributed by atoms with E-state index in [0.717, 1.165) is 13.1 Å². The molecule has 1 rings (SSSR count). The zero-order valence-electron chi connectivity index (χ0n) is 7.41. The van der Waals surface area contributed by atoms with Crippen molar-refractivity contribution in [1.82, 2.24) is 4.90 Å². The maximum Gasteiger partial charge on any atom is 0.191 e. The normalized spacial score (nSPS) is 18.2. The number of alkyl halides is 1. The molecule has 1 heterocycles. The molecule has 0 bridgehead atoms. The predicted molar refractivity (Wildman–Crippen MR) is 60.3 cm³/mol. The van der Waals surface area contributed by atoms with Crippen LogP contribution < -0.4 is 5.73 Å². The fraction of sp³-hybridized carbons (Fsp3) is 0.857. The monoisotopic (exact) mass is 303 g/mol. The molecule has 0 aromatic rings. The molecule has 0 saturated carbocycles. The van der Waals surface area contributed by atoms with Gasteiger partial charge in [-0.25, -0.2) is 4.39 Å². The lowest BCUT2D eigenvalue weighted by atomic mass is 10.4. The van der Waals surface area contributed by atoms with Crippen molar-refractivity contribution in [2.45, 2.75) is 0 Å². The number of nitrogens with zero attached hydrogens (tertiary/aromatic N) is 2. The first-order valence-electron chi connectivity index (χ1n) is 4.03. The Morgan fingerprint density at radius 1 is 1.46 bits per heavy atom. The van der Waals surface area contributed by atoms with E-state index < -0.39 is 6.67 Å². The zero-order valence-corrected chi connectivity index (χ0v) is 9.74. The van der Waals surface area contributed by atoms with Gasteiger partial charge in [0, 0.05) is 13.1 Å². The van der Waals surface area contributed by atoms with Crippen LogP contribution in [0.3, 0.4) is 0 Å². The van der Waals surface area contributed by atoms with Gasteiger partial charge in [-0.1, -0.05) is 0 Å². The summed E-state index contributed by atoms with van der Waals surface area (Å²) in [7, 11) is 0. The lowest BCUT2D eigenvalue weighted by molar-refractivity contribution is 0.0674. The third kappa shape index (κ3) is 4.61. The molecule has 4 nitrogen and oxygen atoms in total. The van der Waals surface area contributed by atoms with Crippen LogP contribution in [0.4, 0.5) is 4.39 Å². The number of guanidine groups is 1. The van der Waals surface area contributed by atoms with E-state index in [2.05, 4.69) is 4.99 Å². The molecule has 0 unspecified atom stereocenters. The highest BCUT2D eigenvalue weighted by Gasteiger charge is 2.11. The lowest BCUT2D eigenvalue weighted by Gasteiger charge is -2.27. The first kappa shape index (κ1) is 12.9. The first-order chi connectivity index (χ1) is 5.84. The van der Waals surface area contributed by atoms with Crippen molar-refractivity contribution in [3.05, 3.63) is 0 Å². The highest BCUT2D eigenvalue weighted by atomic mass is 127. The van der Waals surface area contributed by atoms with Crippen molar-refractivity contribution in [2.75, 3.05) is 39.5 Å². The number of hydrogen-bond acceptors (Lipinski definition) is 2. The summed E-state index contributed by atoms with van der Waals surface area (Å²) in [5, 5.41) is 0. The van der Waals surface area contributed by atoms with E-state index in [1.54, 1.807) is 0 Å². The van der Waals surface area contributed by atoms with E-state index in [9.17, 15) is 4.39 Å². The number of hydrogen-bond donors (Lipinski definition) is 1. The molecule has 6 heteroatoms. The van der Waals surface area contributed by atoms with Crippen LogP contribution in [0.1, 0.15) is 0 Å². The first-order valence-corrected chi connectivity index (χ1v) is 4.03. The van der Waals surface area contributed by atoms with E-state index in [1.165, 1.54) is 0 Å². The van der Waals surface area contributed by atoms with Crippen LogP contribution in [0, 0.1) is 0 Å². The molecule has 78 valence electrons. The van der Waals surface area contributed by atoms with Crippen LogP contribution >= 0.6 is 24.0 Å². The third-order valence-electron chi connectivity index (χ3n) is 1.69. The Labute approximate surface area is 94.3 Å². The number of nitrogens with two attached hydrogens (primary N) is 1. The van der Waals surface area contributed by atoms with Gasteiger partial charge in [-0.05, 0) is 0 Å². The molecule has 13 heavy (non-hydrogen) atoms. The fourth-order valence-electron chi connectivity index (χ4n) is 1.05. The van der Waals surface area contributed by atoms with Gasteiger partial charge in [0.05, 0.1) is 19.8 Å². The van der Waals surface area contributed by atoms with E-state index >= 15 is 0 Å². The quantitative estimate of drug-likeness (QED) is 0.451. The number of rotatable bonds is 2. The molecular weight excluding hydrogens is 288 g/mol. The summed E-state index contributed by atoms with van der Waals surface area (Å²) in [5.41, 5.74) is 5.59. The third-order valence-corrected chi connectivity index (χ3v) is 1.69. The molecule has 1 aliphatic heterocycles. The van der Waals surface area contributed by atoms with Gasteiger partial charge in [-0.3, -0.25) is 4.99 Å². The van der Waals surface area contributed by atoms with Gasteiger partial charge in [-0.2, -0.15) is 0 Å². The van der Waals surface area contributed by atoms with Gasteiger partial charge in [0.15, 0.2) is 5.96 Å². The summed E-state index contributed by atoms with van der Waals surface area (Å²) in [6.07, 6.45) is 0. The highest BCUT2D eigenvalue weighted by molar-refractivity contribution is 14.0. The van der Waals surface area contributed by atoms with Gasteiger partial charge in [0.25, 0.3) is 0 Å². The molecule has 1 fully saturated rings. The number of halogens is 2. The summed E-state index contributed by atoms with van der Waals surface area (Å²) in [5.74, 6) is 0.427. The lowest BCUT2D eigenvalue weighted by Crippen LogP contribution is -2.44. The van der Waals surface area contributed by atoms with Gasteiger partial charge in [-0.15, -0.1) is 24.0 Å². The van der Waals surface area contributed by atoms with E-state index in [-0.39, 0.29) is 30.5 Å². The van der Waals surface area contributed by atoms with Crippen LogP contribution in [-0.2, 0) is 4.74 Å². The summed E-state index contributed by atoms with van der Waals surface area (Å²) in [4.78, 5) is 5.76. The Hall–Kier alpha value is -0.110. The summed E-state index contributed by atoms with van der Waals surface area (Å²) in [6, 6.07) is 0. The maximum atomic E-state index is 11.7. The van der Waals surface area contributed by atoms with Crippen LogP contribution in [0.5, 0.6) is 0 Å². The molecule has 0 aromatic carbocycles. The van der Waals surface area contributed by atoms with Crippen LogP contribution in [0.15, 0.2) is 4.99 Å². The molecule has 0 atom stereocenters. The number of morpholine rings is 1. The molecule has 0 aliphatic carbocycles. The summed E-state index contributed by atoms with van der Waals surface area (Å²) in [6.45, 7) is 2.55. The average molecular weight is 303 g/mol. The van der Waals surface area contributed by atoms with Crippen molar-refractivity contribution in [1.29, 1.82) is 0 Å². The molecule has 2 N–H and O–H groups in total. The Kier molecular flexibility index (Phi) is 7.25. The summed E-state index contributed by atoms with van der Waals surface area (Å²) >= 11 is 0. The Bertz CT molecular complexity index is 162. The molecule has 1 aliphatic rings. The SMILES string of the molecule is I.NC(=NCCF)N1CCOCC1. The molecule has 0 spiro atoms. The van der Waals surface area contributed by atoms with Gasteiger partial charge < -0.3 is 15.4 Å². The Morgan fingerprint density at radius 2 is 2.08 bits per heavy atom. The zero-order chi connectivity index (χ0) is 8.81. The standard InChI is InChI=1S/C7H14FN3O.HI/c8-1-2-10-7(9)11-3-5-12-6-4-11;/h1-6H2,(H2,9,10);1H. The second kappa shape index (κ2) is 7.31. The van der Waals surface area contributed by atoms with E-state index in [1.807, 2.05) is 4.90 Å². The Balaban J connectivity index is 0.00000144. The second-order valence-corrected chi connectivity index (χ2v) is 2.53.